The molecule has 0 saturated heterocycles. The number of aryl methyl sites for hydroxylation is 2. The van der Waals surface area contributed by atoms with E-state index in [1.807, 2.05) is 66.5 Å². The fourth-order valence-corrected chi connectivity index (χ4v) is 2.64. The van der Waals surface area contributed by atoms with Gasteiger partial charge in [-0.15, -0.1) is 0 Å². The Morgan fingerprint density at radius 2 is 1.73 bits per heavy atom. The predicted octanol–water partition coefficient (Wildman–Crippen LogP) is 4.37. The highest BCUT2D eigenvalue weighted by molar-refractivity contribution is 6.03. The third kappa shape index (κ3) is 4.06. The zero-order chi connectivity index (χ0) is 18.5. The molecule has 0 aliphatic rings. The van der Waals surface area contributed by atoms with Crippen LogP contribution in [0, 0.1) is 6.92 Å². The molecule has 1 N–H and O–H groups in total. The van der Waals surface area contributed by atoms with Gasteiger partial charge in [0, 0.05) is 24.5 Å². The van der Waals surface area contributed by atoms with Gasteiger partial charge in [-0.05, 0) is 43.2 Å². The van der Waals surface area contributed by atoms with E-state index in [2.05, 4.69) is 22.2 Å². The second-order valence-corrected chi connectivity index (χ2v) is 6.06. The second kappa shape index (κ2) is 7.78. The van der Waals surface area contributed by atoms with E-state index in [1.54, 1.807) is 13.0 Å². The van der Waals surface area contributed by atoms with Gasteiger partial charge in [0.05, 0.1) is 0 Å². The van der Waals surface area contributed by atoms with Gasteiger partial charge in [0.1, 0.15) is 17.3 Å². The standard InChI is InChI=1S/C21H22N4O/c1-4-16-10-12-17(13-11-16)24-21(26)19-14-20(23-15(2)22-19)25(3)18-8-6-5-7-9-18/h5-14H,4H2,1-3H3,(H,24,26). The molecular weight excluding hydrogens is 324 g/mol. The Morgan fingerprint density at radius 1 is 1.04 bits per heavy atom. The molecule has 1 aromatic heterocycles. The summed E-state index contributed by atoms with van der Waals surface area (Å²) in [5.41, 5.74) is 3.32. The lowest BCUT2D eigenvalue weighted by Crippen LogP contribution is -2.18. The topological polar surface area (TPSA) is 58.1 Å². The number of aromatic nitrogens is 2. The lowest BCUT2D eigenvalue weighted by molar-refractivity contribution is 0.102. The van der Waals surface area contributed by atoms with Crippen LogP contribution in [0.3, 0.4) is 0 Å². The molecule has 0 saturated carbocycles. The average molecular weight is 346 g/mol. The molecule has 3 rings (SSSR count). The number of hydrogen-bond acceptors (Lipinski definition) is 4. The molecule has 26 heavy (non-hydrogen) atoms. The van der Waals surface area contributed by atoms with Crippen molar-refractivity contribution in [1.82, 2.24) is 9.97 Å². The Morgan fingerprint density at radius 3 is 2.38 bits per heavy atom. The average Bonchev–Trinajstić information content (AvgIpc) is 2.68. The molecule has 0 unspecified atom stereocenters. The molecule has 0 atom stereocenters. The molecule has 2 aromatic carbocycles. The minimum Gasteiger partial charge on any atom is -0.329 e. The number of carbonyl (C=O) groups is 1. The van der Waals surface area contributed by atoms with Crippen molar-refractivity contribution in [2.45, 2.75) is 20.3 Å². The number of amides is 1. The summed E-state index contributed by atoms with van der Waals surface area (Å²) in [6, 6.07) is 19.4. The highest BCUT2D eigenvalue weighted by Crippen LogP contribution is 2.22. The summed E-state index contributed by atoms with van der Waals surface area (Å²) in [5, 5.41) is 2.89. The van der Waals surface area contributed by atoms with E-state index in [4.69, 9.17) is 0 Å². The maximum absolute atomic E-state index is 12.6. The van der Waals surface area contributed by atoms with Crippen LogP contribution in [0.5, 0.6) is 0 Å². The predicted molar refractivity (Wildman–Crippen MR) is 105 cm³/mol. The minimum atomic E-state index is -0.248. The molecule has 132 valence electrons. The van der Waals surface area contributed by atoms with Gasteiger partial charge in [-0.25, -0.2) is 9.97 Å². The number of nitrogens with one attached hydrogen (secondary N) is 1. The Hall–Kier alpha value is -3.21. The fraction of sp³-hybridized carbons (Fsp3) is 0.190. The summed E-state index contributed by atoms with van der Waals surface area (Å²) >= 11 is 0. The van der Waals surface area contributed by atoms with Crippen molar-refractivity contribution < 1.29 is 4.79 Å². The van der Waals surface area contributed by atoms with Gasteiger partial charge in [0.2, 0.25) is 0 Å². The summed E-state index contributed by atoms with van der Waals surface area (Å²) < 4.78 is 0. The number of benzene rings is 2. The van der Waals surface area contributed by atoms with Gasteiger partial charge in [0.25, 0.3) is 5.91 Å². The molecule has 0 aliphatic heterocycles. The van der Waals surface area contributed by atoms with E-state index in [9.17, 15) is 4.79 Å². The van der Waals surface area contributed by atoms with Crippen LogP contribution in [0.15, 0.2) is 60.7 Å². The lowest BCUT2D eigenvalue weighted by atomic mass is 10.1. The molecule has 5 nitrogen and oxygen atoms in total. The van der Waals surface area contributed by atoms with Crippen LogP contribution >= 0.6 is 0 Å². The Kier molecular flexibility index (Phi) is 5.27. The molecule has 1 amide bonds. The number of nitrogens with zero attached hydrogens (tertiary/aromatic N) is 3. The van der Waals surface area contributed by atoms with Crippen molar-refractivity contribution in [1.29, 1.82) is 0 Å². The molecule has 0 radical (unpaired) electrons. The van der Waals surface area contributed by atoms with Crippen molar-refractivity contribution in [2.75, 3.05) is 17.3 Å². The van der Waals surface area contributed by atoms with Crippen LogP contribution in [-0.2, 0) is 6.42 Å². The first-order chi connectivity index (χ1) is 12.6. The monoisotopic (exact) mass is 346 g/mol. The quantitative estimate of drug-likeness (QED) is 0.745. The molecular formula is C21H22N4O. The van der Waals surface area contributed by atoms with E-state index in [-0.39, 0.29) is 5.91 Å². The normalized spacial score (nSPS) is 10.4. The van der Waals surface area contributed by atoms with Gasteiger partial charge in [-0.1, -0.05) is 37.3 Å². The fourth-order valence-electron chi connectivity index (χ4n) is 2.64. The molecule has 1 heterocycles. The van der Waals surface area contributed by atoms with Gasteiger partial charge in [0.15, 0.2) is 0 Å². The first-order valence-corrected chi connectivity index (χ1v) is 8.61. The van der Waals surface area contributed by atoms with Crippen molar-refractivity contribution in [2.24, 2.45) is 0 Å². The van der Waals surface area contributed by atoms with Crippen LogP contribution in [0.1, 0.15) is 28.8 Å². The summed E-state index contributed by atoms with van der Waals surface area (Å²) in [7, 11) is 1.92. The smallest absolute Gasteiger partial charge is 0.274 e. The third-order valence-corrected chi connectivity index (χ3v) is 4.16. The zero-order valence-corrected chi connectivity index (χ0v) is 15.2. The van der Waals surface area contributed by atoms with Gasteiger partial charge in [-0.2, -0.15) is 0 Å². The highest BCUT2D eigenvalue weighted by atomic mass is 16.1. The van der Waals surface area contributed by atoms with Crippen LogP contribution in [0.4, 0.5) is 17.2 Å². The third-order valence-electron chi connectivity index (χ3n) is 4.16. The molecule has 0 bridgehead atoms. The zero-order valence-electron chi connectivity index (χ0n) is 15.2. The molecule has 5 heteroatoms. The van der Waals surface area contributed by atoms with Crippen molar-refractivity contribution in [3.63, 3.8) is 0 Å². The summed E-state index contributed by atoms with van der Waals surface area (Å²) in [6.45, 7) is 3.89. The Labute approximate surface area is 153 Å². The van der Waals surface area contributed by atoms with Crippen LogP contribution < -0.4 is 10.2 Å². The Balaban J connectivity index is 1.83. The largest absolute Gasteiger partial charge is 0.329 e. The summed E-state index contributed by atoms with van der Waals surface area (Å²) in [4.78, 5) is 23.3. The first kappa shape index (κ1) is 17.6. The summed E-state index contributed by atoms with van der Waals surface area (Å²) in [6.07, 6.45) is 0.967. The highest BCUT2D eigenvalue weighted by Gasteiger charge is 2.14. The van der Waals surface area contributed by atoms with E-state index in [1.165, 1.54) is 5.56 Å². The molecule has 3 aromatic rings. The maximum Gasteiger partial charge on any atom is 0.274 e. The Bertz CT molecular complexity index is 892. The molecule has 0 aliphatic carbocycles. The van der Waals surface area contributed by atoms with E-state index in [0.717, 1.165) is 17.8 Å². The van der Waals surface area contributed by atoms with E-state index in [0.29, 0.717) is 17.3 Å². The van der Waals surface area contributed by atoms with Crippen LogP contribution in [0.25, 0.3) is 0 Å². The minimum absolute atomic E-state index is 0.248. The second-order valence-electron chi connectivity index (χ2n) is 6.06. The van der Waals surface area contributed by atoms with Crippen molar-refractivity contribution in [3.8, 4) is 0 Å². The van der Waals surface area contributed by atoms with E-state index < -0.39 is 0 Å². The molecule has 0 spiro atoms. The first-order valence-electron chi connectivity index (χ1n) is 8.61. The maximum atomic E-state index is 12.6. The number of anilines is 3. The number of rotatable bonds is 5. The number of hydrogen-bond donors (Lipinski definition) is 1. The van der Waals surface area contributed by atoms with Gasteiger partial charge in [-0.3, -0.25) is 4.79 Å². The van der Waals surface area contributed by atoms with Crippen molar-refractivity contribution >= 4 is 23.1 Å². The number of para-hydroxylation sites is 1. The SMILES string of the molecule is CCc1ccc(NC(=O)c2cc(N(C)c3ccccc3)nc(C)n2)cc1. The van der Waals surface area contributed by atoms with Crippen molar-refractivity contribution in [3.05, 3.63) is 77.7 Å². The summed E-state index contributed by atoms with van der Waals surface area (Å²) in [5.74, 6) is 0.981. The number of carbonyl (C=O) groups excluding carboxylic acids is 1. The van der Waals surface area contributed by atoms with Gasteiger partial charge < -0.3 is 10.2 Å². The van der Waals surface area contributed by atoms with Crippen LogP contribution in [-0.4, -0.2) is 22.9 Å². The molecule has 0 fully saturated rings. The lowest BCUT2D eigenvalue weighted by Gasteiger charge is -2.19. The van der Waals surface area contributed by atoms with Crippen LogP contribution in [0.2, 0.25) is 0 Å². The van der Waals surface area contributed by atoms with E-state index >= 15 is 0 Å². The van der Waals surface area contributed by atoms with Gasteiger partial charge >= 0.3 is 0 Å².